The number of para-hydroxylation sites is 3. The normalized spacial score (nSPS) is 14.0. The molecule has 1 atom stereocenters. The number of hydrogen-bond acceptors (Lipinski definition) is 6. The largest absolute Gasteiger partial charge is 0.456 e. The van der Waals surface area contributed by atoms with Crippen molar-refractivity contribution in [1.29, 1.82) is 0 Å². The van der Waals surface area contributed by atoms with E-state index in [1.54, 1.807) is 0 Å². The molecule has 0 bridgehead atoms. The number of nitrogens with zero attached hydrogens (tertiary/aromatic N) is 3. The van der Waals surface area contributed by atoms with Crippen LogP contribution in [0.4, 0.5) is 34.3 Å². The topological polar surface area (TPSA) is 58.8 Å². The lowest BCUT2D eigenvalue weighted by molar-refractivity contribution is 0.587. The Morgan fingerprint density at radius 1 is 0.354 bits per heavy atom. The van der Waals surface area contributed by atoms with Gasteiger partial charge in [-0.05, 0) is 179 Å². The van der Waals surface area contributed by atoms with Crippen LogP contribution in [0.2, 0.25) is 0 Å². The van der Waals surface area contributed by atoms with Crippen LogP contribution in [0.5, 0.6) is 0 Å². The van der Waals surface area contributed by atoms with Crippen molar-refractivity contribution in [2.75, 3.05) is 9.80 Å². The molecule has 0 fully saturated rings. The third-order valence-electron chi connectivity index (χ3n) is 21.5. The number of pyridine rings is 1. The Hall–Kier alpha value is -12.3. The zero-order valence-corrected chi connectivity index (χ0v) is 55.4. The highest BCUT2D eigenvalue weighted by Crippen LogP contribution is 2.69. The minimum Gasteiger partial charge on any atom is -0.456 e. The van der Waals surface area contributed by atoms with Crippen molar-refractivity contribution < 1.29 is 13.3 Å². The number of fused-ring (bicyclic) bond motifs is 24. The Labute approximate surface area is 572 Å². The van der Waals surface area contributed by atoms with Gasteiger partial charge in [-0.1, -0.05) is 247 Å². The van der Waals surface area contributed by atoms with Crippen LogP contribution in [0.25, 0.3) is 132 Å². The summed E-state index contributed by atoms with van der Waals surface area (Å²) >= 11 is 0. The van der Waals surface area contributed by atoms with Gasteiger partial charge in [0.25, 0.3) is 0 Å². The maximum atomic E-state index is 7.73. The van der Waals surface area contributed by atoms with Crippen LogP contribution in [-0.2, 0) is 10.8 Å². The van der Waals surface area contributed by atoms with E-state index in [-0.39, 0.29) is 5.41 Å². The average Bonchev–Trinajstić information content (AvgIpc) is 1.48. The molecule has 6 heteroatoms. The monoisotopic (exact) mass is 1270 g/mol. The van der Waals surface area contributed by atoms with Crippen LogP contribution in [0.1, 0.15) is 73.9 Å². The van der Waals surface area contributed by atoms with Crippen LogP contribution < -0.4 is 9.80 Å². The van der Waals surface area contributed by atoms with E-state index in [1.165, 1.54) is 38.2 Å². The van der Waals surface area contributed by atoms with Gasteiger partial charge in [0.2, 0.25) is 0 Å². The summed E-state index contributed by atoms with van der Waals surface area (Å²) in [6.45, 7) is 11.3. The summed E-state index contributed by atoms with van der Waals surface area (Å²) in [5, 5.41) is 11.0. The Kier molecular flexibility index (Phi) is 12.3. The molecule has 0 radical (unpaired) electrons. The summed E-state index contributed by atoms with van der Waals surface area (Å²) in [4.78, 5) is 10.4. The molecule has 18 aromatic rings. The van der Waals surface area contributed by atoms with Crippen molar-refractivity contribution in [3.05, 3.63) is 331 Å². The number of furan rings is 3. The zero-order valence-electron chi connectivity index (χ0n) is 55.4. The molecule has 1 spiro atoms. The van der Waals surface area contributed by atoms with Gasteiger partial charge in [0.15, 0.2) is 0 Å². The summed E-state index contributed by atoms with van der Waals surface area (Å²) < 4.78 is 22.3. The SMILES string of the molecule is CC(C)c1ccc(N(c2ccc(-c3cccc4ccccc34)cc2)c2cc3c(c4oc5ccccc5c24)-c2c(cc(N(c4ccc(-c5cccc6ccccc56)cc4)c4ccc(C(C)(C)C)cn4)c4c2oc2ccccc24)C32c3ccccc3-c3c2ccc2oc4ccccc4c32)cc1. The fourth-order valence-electron chi connectivity index (χ4n) is 16.8. The number of anilines is 6. The molecule has 20 rings (SSSR count). The number of hydrogen-bond donors (Lipinski definition) is 0. The third kappa shape index (κ3) is 8.33. The van der Waals surface area contributed by atoms with Crippen LogP contribution in [0, 0.1) is 0 Å². The van der Waals surface area contributed by atoms with Gasteiger partial charge in [0.1, 0.15) is 39.3 Å². The minimum atomic E-state index is -1.01. The molecule has 4 heterocycles. The Morgan fingerprint density at radius 3 is 1.34 bits per heavy atom. The van der Waals surface area contributed by atoms with E-state index in [0.29, 0.717) is 5.92 Å². The summed E-state index contributed by atoms with van der Waals surface area (Å²) in [6, 6.07) is 107. The molecule has 0 saturated heterocycles. The molecule has 0 amide bonds. The van der Waals surface area contributed by atoms with E-state index in [2.05, 4.69) is 342 Å². The van der Waals surface area contributed by atoms with Crippen molar-refractivity contribution in [3.63, 3.8) is 0 Å². The predicted octanol–water partition coefficient (Wildman–Crippen LogP) is 26.1. The van der Waals surface area contributed by atoms with Crippen LogP contribution in [0.3, 0.4) is 0 Å². The maximum absolute atomic E-state index is 7.73. The Bertz CT molecular complexity index is 6350. The van der Waals surface area contributed by atoms with Crippen molar-refractivity contribution >= 4 is 122 Å². The Morgan fingerprint density at radius 2 is 0.808 bits per heavy atom. The standard InChI is InChI=1S/C93H65N3O3/c1-55(2)56-36-43-62(44-37-56)95(63-45-38-59(39-46-63)67-30-18-22-57-20-6-8-24-65(57)67)77-52-75-88(90-85(77)70-27-11-16-34-80(70)98-90)89-76(93(75)73-32-14-10-26-69(73)84-74(93)49-50-82-87(84)72-29-13-15-33-79(72)97-82)53-78(86-71-28-12-17-35-81(71)99-91(86)89)96(83-51-42-61(54-94-83)92(3,4)5)64-47-40-60(41-48-64)68-31-19-23-58-21-7-9-25-66(58)68/h6-55H,1-5H3. The molecule has 2 aliphatic carbocycles. The first-order valence-electron chi connectivity index (χ1n) is 34.4. The van der Waals surface area contributed by atoms with Crippen LogP contribution >= 0.6 is 0 Å². The fraction of sp³-hybridized carbons (Fsp3) is 0.0860. The highest BCUT2D eigenvalue weighted by molar-refractivity contribution is 6.26. The molecule has 2 aliphatic rings. The first-order chi connectivity index (χ1) is 48.6. The molecular formula is C93H65N3O3. The van der Waals surface area contributed by atoms with E-state index in [1.807, 2.05) is 0 Å². The summed E-state index contributed by atoms with van der Waals surface area (Å²) in [5.41, 5.74) is 24.4. The molecule has 0 aliphatic heterocycles. The molecule has 99 heavy (non-hydrogen) atoms. The van der Waals surface area contributed by atoms with Gasteiger partial charge in [-0.3, -0.25) is 4.90 Å². The number of benzene rings is 14. The van der Waals surface area contributed by atoms with Crippen LogP contribution in [0.15, 0.2) is 311 Å². The molecule has 6 nitrogen and oxygen atoms in total. The molecule has 4 aromatic heterocycles. The van der Waals surface area contributed by atoms with E-state index in [9.17, 15) is 0 Å². The Balaban J connectivity index is 0.928. The van der Waals surface area contributed by atoms with Gasteiger partial charge < -0.3 is 18.2 Å². The van der Waals surface area contributed by atoms with Gasteiger partial charge in [-0.2, -0.15) is 0 Å². The first-order valence-corrected chi connectivity index (χ1v) is 34.4. The van der Waals surface area contributed by atoms with Gasteiger partial charge in [-0.25, -0.2) is 4.98 Å². The van der Waals surface area contributed by atoms with Crippen LogP contribution in [-0.4, -0.2) is 4.98 Å². The highest BCUT2D eigenvalue weighted by atomic mass is 16.3. The first kappa shape index (κ1) is 57.0. The lowest BCUT2D eigenvalue weighted by atomic mass is 9.70. The minimum absolute atomic E-state index is 0.139. The fourth-order valence-corrected chi connectivity index (χ4v) is 16.8. The van der Waals surface area contributed by atoms with Crippen molar-refractivity contribution in [2.45, 2.75) is 51.4 Å². The molecule has 0 saturated carbocycles. The van der Waals surface area contributed by atoms with Crippen molar-refractivity contribution in [3.8, 4) is 44.5 Å². The van der Waals surface area contributed by atoms with Crippen molar-refractivity contribution in [2.24, 2.45) is 0 Å². The molecule has 470 valence electrons. The quantitative estimate of drug-likeness (QED) is 0.144. The molecule has 1 unspecified atom stereocenters. The second-order valence-electron chi connectivity index (χ2n) is 28.2. The summed E-state index contributed by atoms with van der Waals surface area (Å²) in [7, 11) is 0. The second-order valence-corrected chi connectivity index (χ2v) is 28.2. The van der Waals surface area contributed by atoms with Gasteiger partial charge in [0.05, 0.1) is 27.6 Å². The highest BCUT2D eigenvalue weighted by Gasteiger charge is 2.55. The van der Waals surface area contributed by atoms with Crippen molar-refractivity contribution in [1.82, 2.24) is 4.98 Å². The molecule has 0 N–H and O–H groups in total. The average molecular weight is 1270 g/mol. The smallest absolute Gasteiger partial charge is 0.145 e. The van der Waals surface area contributed by atoms with E-state index in [0.717, 1.165) is 161 Å². The second kappa shape index (κ2) is 21.4. The molecular weight excluding hydrogens is 1210 g/mol. The molecule has 14 aromatic carbocycles. The van der Waals surface area contributed by atoms with Gasteiger partial charge in [0, 0.05) is 55.9 Å². The van der Waals surface area contributed by atoms with E-state index >= 15 is 0 Å². The summed E-state index contributed by atoms with van der Waals surface area (Å²) in [5.74, 6) is 1.11. The zero-order chi connectivity index (χ0) is 66.0. The van der Waals surface area contributed by atoms with Gasteiger partial charge in [-0.15, -0.1) is 0 Å². The maximum Gasteiger partial charge on any atom is 0.145 e. The third-order valence-corrected chi connectivity index (χ3v) is 21.5. The van der Waals surface area contributed by atoms with Gasteiger partial charge >= 0.3 is 0 Å². The lowest BCUT2D eigenvalue weighted by Crippen LogP contribution is -2.27. The number of rotatable bonds is 9. The number of aromatic nitrogens is 1. The summed E-state index contributed by atoms with van der Waals surface area (Å²) in [6.07, 6.45) is 2.06. The van der Waals surface area contributed by atoms with E-state index in [4.69, 9.17) is 18.2 Å². The van der Waals surface area contributed by atoms with E-state index < -0.39 is 5.41 Å². The predicted molar refractivity (Wildman–Crippen MR) is 410 cm³/mol. The lowest BCUT2D eigenvalue weighted by Gasteiger charge is -2.33.